The minimum Gasteiger partial charge on any atom is -0.426 e. The summed E-state index contributed by atoms with van der Waals surface area (Å²) in [4.78, 5) is 13.2. The van der Waals surface area contributed by atoms with Gasteiger partial charge in [0, 0.05) is 5.56 Å². The van der Waals surface area contributed by atoms with Crippen molar-refractivity contribution in [3.05, 3.63) is 28.8 Å². The lowest BCUT2D eigenvalue weighted by molar-refractivity contribution is -0.376. The number of rotatable bonds is 4. The van der Waals surface area contributed by atoms with E-state index in [2.05, 4.69) is 0 Å². The summed E-state index contributed by atoms with van der Waals surface area (Å²) >= 11 is 0. The first-order chi connectivity index (χ1) is 13.9. The van der Waals surface area contributed by atoms with Crippen molar-refractivity contribution in [2.75, 3.05) is 0 Å². The molecule has 1 aromatic carbocycles. The molecular weight excluding hydrogens is 438 g/mol. The van der Waals surface area contributed by atoms with Gasteiger partial charge in [0.25, 0.3) is 5.60 Å². The Bertz CT molecular complexity index is 819. The Balaban J connectivity index is 3.55. The van der Waals surface area contributed by atoms with Gasteiger partial charge >= 0.3 is 18.3 Å². The molecule has 0 aliphatic carbocycles. The van der Waals surface area contributed by atoms with Gasteiger partial charge in [0.2, 0.25) is 0 Å². The molecular formula is C23H32F6O3. The van der Waals surface area contributed by atoms with Crippen LogP contribution in [0.2, 0.25) is 0 Å². The van der Waals surface area contributed by atoms with E-state index in [1.54, 1.807) is 6.92 Å². The number of carbonyl (C=O) groups excluding carboxylic acids is 1. The summed E-state index contributed by atoms with van der Waals surface area (Å²) in [5.41, 5.74) is -8.51. The van der Waals surface area contributed by atoms with E-state index in [1.807, 2.05) is 41.5 Å². The third kappa shape index (κ3) is 5.24. The molecule has 0 aliphatic heterocycles. The molecule has 0 bridgehead atoms. The van der Waals surface area contributed by atoms with E-state index in [1.165, 1.54) is 13.8 Å². The van der Waals surface area contributed by atoms with Gasteiger partial charge in [-0.15, -0.1) is 0 Å². The number of alkyl halides is 6. The van der Waals surface area contributed by atoms with Crippen LogP contribution in [-0.4, -0.2) is 23.4 Å². The first kappa shape index (κ1) is 28.3. The van der Waals surface area contributed by atoms with Gasteiger partial charge in [0.1, 0.15) is 5.75 Å². The number of hydrogen-bond donors (Lipinski definition) is 1. The molecule has 184 valence electrons. The van der Waals surface area contributed by atoms with Crippen LogP contribution in [0.4, 0.5) is 26.3 Å². The maximum absolute atomic E-state index is 13.2. The molecule has 3 nitrogen and oxygen atoms in total. The van der Waals surface area contributed by atoms with Crippen molar-refractivity contribution >= 4 is 5.97 Å². The molecule has 0 heterocycles. The molecule has 32 heavy (non-hydrogen) atoms. The SMILES string of the molecule is Cc1cc(C(O)(C(F)(F)F)C(F)(F)F)cc(C)c1OC(=O)C(C)(CC(C)(C)C)C(C)(C)C. The maximum atomic E-state index is 13.2. The Labute approximate surface area is 185 Å². The zero-order valence-electron chi connectivity index (χ0n) is 19.9. The molecule has 0 fully saturated rings. The number of aryl methyl sites for hydroxylation is 2. The zero-order valence-corrected chi connectivity index (χ0v) is 19.9. The van der Waals surface area contributed by atoms with Crippen LogP contribution in [0.1, 0.15) is 71.6 Å². The first-order valence-corrected chi connectivity index (χ1v) is 10.1. The van der Waals surface area contributed by atoms with Gasteiger partial charge in [-0.2, -0.15) is 26.3 Å². The summed E-state index contributed by atoms with van der Waals surface area (Å²) in [6.07, 6.45) is -11.6. The molecule has 1 N–H and O–H groups in total. The Morgan fingerprint density at radius 3 is 1.50 bits per heavy atom. The quantitative estimate of drug-likeness (QED) is 0.293. The highest BCUT2D eigenvalue weighted by Crippen LogP contribution is 2.51. The van der Waals surface area contributed by atoms with Crippen molar-refractivity contribution in [1.82, 2.24) is 0 Å². The highest BCUT2D eigenvalue weighted by Gasteiger charge is 2.71. The summed E-state index contributed by atoms with van der Waals surface area (Å²) in [6.45, 7) is 15.6. The molecule has 1 rings (SSSR count). The average Bonchev–Trinajstić information content (AvgIpc) is 2.52. The van der Waals surface area contributed by atoms with Crippen LogP contribution < -0.4 is 4.74 Å². The van der Waals surface area contributed by atoms with Crippen molar-refractivity contribution in [3.63, 3.8) is 0 Å². The zero-order chi connectivity index (χ0) is 25.7. The Morgan fingerprint density at radius 2 is 1.22 bits per heavy atom. The van der Waals surface area contributed by atoms with Crippen LogP contribution in [0.5, 0.6) is 5.75 Å². The van der Waals surface area contributed by atoms with Crippen LogP contribution in [-0.2, 0) is 10.4 Å². The number of benzene rings is 1. The predicted molar refractivity (Wildman–Crippen MR) is 109 cm³/mol. The number of esters is 1. The van der Waals surface area contributed by atoms with Crippen molar-refractivity contribution in [1.29, 1.82) is 0 Å². The van der Waals surface area contributed by atoms with Crippen molar-refractivity contribution in [2.24, 2.45) is 16.2 Å². The number of carbonyl (C=O) groups is 1. The van der Waals surface area contributed by atoms with Gasteiger partial charge < -0.3 is 9.84 Å². The first-order valence-electron chi connectivity index (χ1n) is 10.1. The molecule has 9 heteroatoms. The number of halogens is 6. The van der Waals surface area contributed by atoms with Crippen LogP contribution >= 0.6 is 0 Å². The molecule has 1 unspecified atom stereocenters. The fourth-order valence-electron chi connectivity index (χ4n) is 3.72. The van der Waals surface area contributed by atoms with E-state index < -0.39 is 40.3 Å². The third-order valence-corrected chi connectivity index (χ3v) is 5.88. The largest absolute Gasteiger partial charge is 0.430 e. The highest BCUT2D eigenvalue weighted by molar-refractivity contribution is 5.80. The second kappa shape index (κ2) is 8.22. The monoisotopic (exact) mass is 470 g/mol. The minimum atomic E-state index is -6.00. The molecule has 0 spiro atoms. The lowest BCUT2D eigenvalue weighted by Crippen LogP contribution is -2.54. The van der Waals surface area contributed by atoms with Crippen molar-refractivity contribution in [3.8, 4) is 5.75 Å². The smallest absolute Gasteiger partial charge is 0.426 e. The van der Waals surface area contributed by atoms with E-state index >= 15 is 0 Å². The topological polar surface area (TPSA) is 46.5 Å². The van der Waals surface area contributed by atoms with Crippen molar-refractivity contribution in [2.45, 2.75) is 86.7 Å². The molecule has 0 saturated heterocycles. The molecule has 0 radical (unpaired) electrons. The summed E-state index contributed by atoms with van der Waals surface area (Å²) in [6, 6.07) is 1.10. The van der Waals surface area contributed by atoms with Gasteiger partial charge in [-0.05, 0) is 61.3 Å². The van der Waals surface area contributed by atoms with Crippen LogP contribution in [0.25, 0.3) is 0 Å². The normalized spacial score (nSPS) is 16.0. The van der Waals surface area contributed by atoms with Crippen LogP contribution in [0.15, 0.2) is 12.1 Å². The number of aliphatic hydroxyl groups is 1. The Hall–Kier alpha value is -1.77. The Kier molecular flexibility index (Phi) is 7.26. The van der Waals surface area contributed by atoms with Gasteiger partial charge in [-0.1, -0.05) is 41.5 Å². The van der Waals surface area contributed by atoms with E-state index in [4.69, 9.17) is 4.74 Å². The maximum Gasteiger partial charge on any atom is 0.430 e. The van der Waals surface area contributed by atoms with Crippen LogP contribution in [0, 0.1) is 30.1 Å². The standard InChI is InChI=1S/C23H32F6O3/c1-13-10-15(21(31,22(24,25)26)23(27,28)29)11-14(2)16(13)32-17(30)20(9,19(6,7)8)12-18(3,4)5/h10-11,31H,12H2,1-9H3. The molecule has 0 aromatic heterocycles. The van der Waals surface area contributed by atoms with E-state index in [0.717, 1.165) is 0 Å². The van der Waals surface area contributed by atoms with Crippen LogP contribution in [0.3, 0.4) is 0 Å². The molecule has 0 amide bonds. The second-order valence-electron chi connectivity index (χ2n) is 10.9. The summed E-state index contributed by atoms with van der Waals surface area (Å²) in [7, 11) is 0. The van der Waals surface area contributed by atoms with E-state index in [9.17, 15) is 36.2 Å². The van der Waals surface area contributed by atoms with Crippen molar-refractivity contribution < 1.29 is 41.0 Å². The van der Waals surface area contributed by atoms with Gasteiger partial charge in [-0.25, -0.2) is 0 Å². The summed E-state index contributed by atoms with van der Waals surface area (Å²) in [5.74, 6) is -0.768. The minimum absolute atomic E-state index is 0.130. The number of ether oxygens (including phenoxy) is 1. The predicted octanol–water partition coefficient (Wildman–Crippen LogP) is 7.01. The van der Waals surface area contributed by atoms with Gasteiger partial charge in [-0.3, -0.25) is 4.79 Å². The number of hydrogen-bond acceptors (Lipinski definition) is 3. The summed E-state index contributed by atoms with van der Waals surface area (Å²) in [5, 5.41) is 9.68. The van der Waals surface area contributed by atoms with E-state index in [0.29, 0.717) is 18.6 Å². The summed E-state index contributed by atoms with van der Waals surface area (Å²) < 4.78 is 85.1. The highest BCUT2D eigenvalue weighted by atomic mass is 19.4. The molecule has 1 atom stereocenters. The molecule has 1 aromatic rings. The third-order valence-electron chi connectivity index (χ3n) is 5.88. The average molecular weight is 470 g/mol. The Morgan fingerprint density at radius 1 is 0.844 bits per heavy atom. The fraction of sp³-hybridized carbons (Fsp3) is 0.696. The molecule has 0 aliphatic rings. The lowest BCUT2D eigenvalue weighted by Gasteiger charge is -2.43. The second-order valence-corrected chi connectivity index (χ2v) is 10.9. The van der Waals surface area contributed by atoms with Gasteiger partial charge in [0.05, 0.1) is 5.41 Å². The fourth-order valence-corrected chi connectivity index (χ4v) is 3.72. The lowest BCUT2D eigenvalue weighted by atomic mass is 9.61. The van der Waals surface area contributed by atoms with E-state index in [-0.39, 0.29) is 22.3 Å². The molecule has 0 saturated carbocycles. The van der Waals surface area contributed by atoms with Gasteiger partial charge in [0.15, 0.2) is 0 Å².